The summed E-state index contributed by atoms with van der Waals surface area (Å²) < 4.78 is 1.73. The lowest BCUT2D eigenvalue weighted by Crippen LogP contribution is -2.14. The largest absolute Gasteiger partial charge is 0.366 e. The Hall–Kier alpha value is -2.88. The third-order valence-electron chi connectivity index (χ3n) is 3.34. The maximum absolute atomic E-state index is 11.6. The van der Waals surface area contributed by atoms with Gasteiger partial charge in [-0.05, 0) is 30.3 Å². The van der Waals surface area contributed by atoms with Crippen LogP contribution in [0.5, 0.6) is 0 Å². The van der Waals surface area contributed by atoms with Crippen molar-refractivity contribution >= 4 is 40.2 Å². The molecule has 0 saturated carbocycles. The number of nitrogens with zero attached hydrogens (tertiary/aromatic N) is 2. The van der Waals surface area contributed by atoms with Crippen LogP contribution in [0.25, 0.3) is 16.6 Å². The van der Waals surface area contributed by atoms with Crippen molar-refractivity contribution in [2.45, 2.75) is 0 Å². The van der Waals surface area contributed by atoms with Gasteiger partial charge in [-0.15, -0.1) is 0 Å². The van der Waals surface area contributed by atoms with Crippen LogP contribution in [0.2, 0.25) is 5.02 Å². The summed E-state index contributed by atoms with van der Waals surface area (Å²) in [4.78, 5) is 25.9. The molecular weight excluding hydrogens is 302 g/mol. The molecule has 0 radical (unpaired) electrons. The van der Waals surface area contributed by atoms with Gasteiger partial charge < -0.3 is 10.3 Å². The van der Waals surface area contributed by atoms with Crippen LogP contribution < -0.4 is 5.73 Å². The monoisotopic (exact) mass is 311 g/mol. The molecule has 0 atom stereocenters. The highest BCUT2D eigenvalue weighted by Gasteiger charge is 2.14. The Morgan fingerprint density at radius 3 is 2.73 bits per heavy atom. The molecule has 1 aromatic heterocycles. The number of primary amides is 1. The van der Waals surface area contributed by atoms with Crippen LogP contribution in [0, 0.1) is 0 Å². The molecule has 0 unspecified atom stereocenters. The van der Waals surface area contributed by atoms with E-state index >= 15 is 0 Å². The van der Waals surface area contributed by atoms with Crippen LogP contribution in [-0.4, -0.2) is 16.6 Å². The number of fused-ring (bicyclic) bond motifs is 1. The van der Waals surface area contributed by atoms with Gasteiger partial charge in [-0.25, -0.2) is 4.79 Å². The first-order chi connectivity index (χ1) is 10.6. The van der Waals surface area contributed by atoms with Gasteiger partial charge in [0.05, 0.1) is 16.8 Å². The van der Waals surface area contributed by atoms with Crippen LogP contribution in [-0.2, 0) is 4.79 Å². The molecule has 1 heterocycles. The van der Waals surface area contributed by atoms with Gasteiger partial charge in [0.2, 0.25) is 6.08 Å². The number of rotatable bonds is 3. The quantitative estimate of drug-likeness (QED) is 0.594. The first-order valence-electron chi connectivity index (χ1n) is 6.39. The highest BCUT2D eigenvalue weighted by Crippen LogP contribution is 2.33. The second-order valence-corrected chi connectivity index (χ2v) is 5.07. The molecule has 6 heteroatoms. The molecule has 3 aromatic rings. The standard InChI is InChI=1S/C16H10ClN3O2/c17-10-5-6-11-13(19-9-21)8-20(15(11)7-10)14-4-2-1-3-12(14)16(18)22/h1-8H,(H2,18,22). The summed E-state index contributed by atoms with van der Waals surface area (Å²) in [6.45, 7) is 0. The number of carbonyl (C=O) groups excluding carboxylic acids is 2. The van der Waals surface area contributed by atoms with Crippen molar-refractivity contribution in [3.63, 3.8) is 0 Å². The van der Waals surface area contributed by atoms with Crippen molar-refractivity contribution in [1.29, 1.82) is 0 Å². The number of amides is 1. The molecule has 1 amide bonds. The van der Waals surface area contributed by atoms with Gasteiger partial charge in [-0.3, -0.25) is 4.79 Å². The van der Waals surface area contributed by atoms with Crippen molar-refractivity contribution in [2.24, 2.45) is 10.7 Å². The summed E-state index contributed by atoms with van der Waals surface area (Å²) in [5.41, 5.74) is 7.54. The van der Waals surface area contributed by atoms with Gasteiger partial charge in [-0.1, -0.05) is 23.7 Å². The summed E-state index contributed by atoms with van der Waals surface area (Å²) in [6.07, 6.45) is 3.18. The lowest BCUT2D eigenvalue weighted by atomic mass is 10.1. The fourth-order valence-corrected chi connectivity index (χ4v) is 2.58. The summed E-state index contributed by atoms with van der Waals surface area (Å²) in [5.74, 6) is -0.542. The van der Waals surface area contributed by atoms with Gasteiger partial charge in [0, 0.05) is 16.6 Å². The molecular formula is C16H10ClN3O2. The minimum Gasteiger partial charge on any atom is -0.366 e. The predicted molar refractivity (Wildman–Crippen MR) is 84.6 cm³/mol. The average molecular weight is 312 g/mol. The molecule has 0 saturated heterocycles. The van der Waals surface area contributed by atoms with E-state index in [1.54, 1.807) is 53.2 Å². The normalized spacial score (nSPS) is 10.4. The van der Waals surface area contributed by atoms with Gasteiger partial charge in [0.25, 0.3) is 5.91 Å². The van der Waals surface area contributed by atoms with Crippen molar-refractivity contribution in [1.82, 2.24) is 4.57 Å². The second kappa shape index (κ2) is 5.48. The number of hydrogen-bond donors (Lipinski definition) is 1. The number of carbonyl (C=O) groups is 1. The lowest BCUT2D eigenvalue weighted by Gasteiger charge is -2.09. The van der Waals surface area contributed by atoms with Crippen molar-refractivity contribution in [2.75, 3.05) is 0 Å². The van der Waals surface area contributed by atoms with Crippen molar-refractivity contribution < 1.29 is 9.59 Å². The maximum atomic E-state index is 11.6. The molecule has 2 aromatic carbocycles. The Bertz CT molecular complexity index is 940. The molecule has 22 heavy (non-hydrogen) atoms. The lowest BCUT2D eigenvalue weighted by molar-refractivity contribution is 0.100. The van der Waals surface area contributed by atoms with Gasteiger partial charge in [-0.2, -0.15) is 4.99 Å². The Balaban J connectivity index is 2.39. The SMILES string of the molecule is NC(=O)c1ccccc1-n1cc(N=C=O)c2ccc(Cl)cc21. The molecule has 0 fully saturated rings. The number of aromatic nitrogens is 1. The third-order valence-corrected chi connectivity index (χ3v) is 3.58. The van der Waals surface area contributed by atoms with Crippen LogP contribution in [0.1, 0.15) is 10.4 Å². The maximum Gasteiger partial charge on any atom is 0.250 e. The zero-order valence-corrected chi connectivity index (χ0v) is 12.0. The van der Waals surface area contributed by atoms with E-state index in [1.165, 1.54) is 6.08 Å². The van der Waals surface area contributed by atoms with E-state index in [0.717, 1.165) is 10.9 Å². The number of aliphatic imine (C=N–C) groups is 1. The average Bonchev–Trinajstić information content (AvgIpc) is 2.85. The van der Waals surface area contributed by atoms with E-state index in [0.29, 0.717) is 22.0 Å². The van der Waals surface area contributed by atoms with Crippen LogP contribution >= 0.6 is 11.6 Å². The van der Waals surface area contributed by atoms with Gasteiger partial charge in [0.1, 0.15) is 5.69 Å². The Morgan fingerprint density at radius 2 is 2.00 bits per heavy atom. The molecule has 3 rings (SSSR count). The Morgan fingerprint density at radius 1 is 1.23 bits per heavy atom. The summed E-state index contributed by atoms with van der Waals surface area (Å²) in [5, 5.41) is 1.26. The van der Waals surface area contributed by atoms with E-state index in [-0.39, 0.29) is 0 Å². The summed E-state index contributed by atoms with van der Waals surface area (Å²) in [7, 11) is 0. The van der Waals surface area contributed by atoms with Crippen LogP contribution in [0.3, 0.4) is 0 Å². The zero-order chi connectivity index (χ0) is 15.7. The fourth-order valence-electron chi connectivity index (χ4n) is 2.41. The Kier molecular flexibility index (Phi) is 3.51. The molecule has 0 bridgehead atoms. The molecule has 0 aliphatic rings. The van der Waals surface area contributed by atoms with E-state index in [4.69, 9.17) is 17.3 Å². The van der Waals surface area contributed by atoms with Crippen LogP contribution in [0.4, 0.5) is 5.69 Å². The third kappa shape index (κ3) is 2.29. The van der Waals surface area contributed by atoms with Crippen molar-refractivity contribution in [3.8, 4) is 5.69 Å². The minimum absolute atomic E-state index is 0.362. The number of nitrogens with two attached hydrogens (primary N) is 1. The zero-order valence-electron chi connectivity index (χ0n) is 11.3. The topological polar surface area (TPSA) is 77.5 Å². The summed E-state index contributed by atoms with van der Waals surface area (Å²) in [6, 6.07) is 12.1. The second-order valence-electron chi connectivity index (χ2n) is 4.63. The minimum atomic E-state index is -0.542. The Labute approximate surface area is 130 Å². The first kappa shape index (κ1) is 14.1. The van der Waals surface area contributed by atoms with E-state index in [1.807, 2.05) is 0 Å². The molecule has 0 aliphatic heterocycles. The number of para-hydroxylation sites is 1. The number of isocyanates is 1. The first-order valence-corrected chi connectivity index (χ1v) is 6.77. The predicted octanol–water partition coefficient (Wildman–Crippen LogP) is 3.35. The van der Waals surface area contributed by atoms with Gasteiger partial charge in [0.15, 0.2) is 0 Å². The van der Waals surface area contributed by atoms with Crippen LogP contribution in [0.15, 0.2) is 53.7 Å². The van der Waals surface area contributed by atoms with Gasteiger partial charge >= 0.3 is 0 Å². The smallest absolute Gasteiger partial charge is 0.250 e. The van der Waals surface area contributed by atoms with E-state index in [9.17, 15) is 9.59 Å². The molecule has 0 spiro atoms. The number of halogens is 1. The number of hydrogen-bond acceptors (Lipinski definition) is 3. The molecule has 108 valence electrons. The van der Waals surface area contributed by atoms with Crippen molar-refractivity contribution in [3.05, 3.63) is 59.2 Å². The molecule has 0 aliphatic carbocycles. The summed E-state index contributed by atoms with van der Waals surface area (Å²) >= 11 is 6.05. The van der Waals surface area contributed by atoms with E-state index < -0.39 is 5.91 Å². The van der Waals surface area contributed by atoms with E-state index in [2.05, 4.69) is 4.99 Å². The molecule has 2 N–H and O–H groups in total. The number of benzene rings is 2. The fraction of sp³-hybridized carbons (Fsp3) is 0. The highest BCUT2D eigenvalue weighted by molar-refractivity contribution is 6.31. The molecule has 5 nitrogen and oxygen atoms in total. The highest BCUT2D eigenvalue weighted by atomic mass is 35.5.